The molecular formula is C14H13NO2. The molecule has 0 bridgehead atoms. The van der Waals surface area contributed by atoms with Crippen LogP contribution in [-0.2, 0) is 0 Å². The van der Waals surface area contributed by atoms with Crippen LogP contribution in [0.4, 0.5) is 5.69 Å². The van der Waals surface area contributed by atoms with Gasteiger partial charge < -0.3 is 10.8 Å². The molecule has 2 rings (SSSR count). The molecule has 86 valence electrons. The molecule has 0 aliphatic heterocycles. The van der Waals surface area contributed by atoms with Gasteiger partial charge in [-0.15, -0.1) is 0 Å². The lowest BCUT2D eigenvalue weighted by Crippen LogP contribution is -2.01. The average Bonchev–Trinajstić information content (AvgIpc) is 2.30. The second kappa shape index (κ2) is 4.29. The van der Waals surface area contributed by atoms with Crippen molar-refractivity contribution >= 4 is 11.7 Å². The first-order valence-corrected chi connectivity index (χ1v) is 5.28. The molecule has 2 aromatic rings. The van der Waals surface area contributed by atoms with Crippen molar-refractivity contribution in [1.29, 1.82) is 0 Å². The highest BCUT2D eigenvalue weighted by Gasteiger charge is 2.13. The number of aromatic carboxylic acids is 1. The molecule has 0 aliphatic carbocycles. The molecule has 3 heteroatoms. The lowest BCUT2D eigenvalue weighted by atomic mass is 9.96. The summed E-state index contributed by atoms with van der Waals surface area (Å²) in [5.74, 6) is -0.962. The van der Waals surface area contributed by atoms with E-state index in [2.05, 4.69) is 0 Å². The predicted octanol–water partition coefficient (Wildman–Crippen LogP) is 2.94. The SMILES string of the molecule is Cc1ccccc1-c1ccc(N)cc1C(=O)O. The Morgan fingerprint density at radius 3 is 2.47 bits per heavy atom. The first-order chi connectivity index (χ1) is 8.09. The van der Waals surface area contributed by atoms with Gasteiger partial charge in [-0.05, 0) is 35.7 Å². The van der Waals surface area contributed by atoms with E-state index in [1.165, 1.54) is 6.07 Å². The maximum absolute atomic E-state index is 11.2. The van der Waals surface area contributed by atoms with Gasteiger partial charge in [0.25, 0.3) is 0 Å². The fourth-order valence-electron chi connectivity index (χ4n) is 1.85. The first kappa shape index (κ1) is 11.2. The molecule has 0 heterocycles. The van der Waals surface area contributed by atoms with Crippen LogP contribution in [0, 0.1) is 6.92 Å². The predicted molar refractivity (Wildman–Crippen MR) is 68.0 cm³/mol. The van der Waals surface area contributed by atoms with Crippen molar-refractivity contribution in [3.63, 3.8) is 0 Å². The van der Waals surface area contributed by atoms with Gasteiger partial charge in [-0.25, -0.2) is 4.79 Å². The van der Waals surface area contributed by atoms with E-state index in [1.54, 1.807) is 12.1 Å². The van der Waals surface area contributed by atoms with Gasteiger partial charge in [-0.1, -0.05) is 30.3 Å². The molecule has 3 N–H and O–H groups in total. The van der Waals surface area contributed by atoms with E-state index in [9.17, 15) is 9.90 Å². The standard InChI is InChI=1S/C14H13NO2/c1-9-4-2-3-5-11(9)12-7-6-10(15)8-13(12)14(16)17/h2-8H,15H2,1H3,(H,16,17). The fourth-order valence-corrected chi connectivity index (χ4v) is 1.85. The number of carboxylic acid groups (broad SMARTS) is 1. The molecule has 0 saturated heterocycles. The van der Waals surface area contributed by atoms with Crippen LogP contribution in [0.15, 0.2) is 42.5 Å². The van der Waals surface area contributed by atoms with Crippen molar-refractivity contribution in [3.8, 4) is 11.1 Å². The number of nitrogens with two attached hydrogens (primary N) is 1. The molecule has 0 unspecified atom stereocenters. The zero-order valence-corrected chi connectivity index (χ0v) is 9.47. The Kier molecular flexibility index (Phi) is 2.83. The average molecular weight is 227 g/mol. The van der Waals surface area contributed by atoms with Crippen LogP contribution in [0.3, 0.4) is 0 Å². The Balaban J connectivity index is 2.68. The molecule has 3 nitrogen and oxygen atoms in total. The number of carboxylic acids is 1. The van der Waals surface area contributed by atoms with Gasteiger partial charge in [0, 0.05) is 5.69 Å². The van der Waals surface area contributed by atoms with Gasteiger partial charge in [0.1, 0.15) is 0 Å². The minimum Gasteiger partial charge on any atom is -0.478 e. The molecule has 0 fully saturated rings. The highest BCUT2D eigenvalue weighted by atomic mass is 16.4. The molecule has 0 spiro atoms. The second-order valence-electron chi connectivity index (χ2n) is 3.93. The number of anilines is 1. The molecule has 0 saturated carbocycles. The zero-order chi connectivity index (χ0) is 12.4. The summed E-state index contributed by atoms with van der Waals surface area (Å²) in [4.78, 5) is 11.2. The topological polar surface area (TPSA) is 63.3 Å². The number of hydrogen-bond donors (Lipinski definition) is 2. The van der Waals surface area contributed by atoms with Crippen molar-refractivity contribution in [2.24, 2.45) is 0 Å². The van der Waals surface area contributed by atoms with E-state index in [4.69, 9.17) is 5.73 Å². The molecule has 0 amide bonds. The summed E-state index contributed by atoms with van der Waals surface area (Å²) in [5.41, 5.74) is 8.97. The van der Waals surface area contributed by atoms with Crippen LogP contribution in [0.2, 0.25) is 0 Å². The van der Waals surface area contributed by atoms with Gasteiger partial charge in [0.15, 0.2) is 0 Å². The molecule has 0 aliphatic rings. The summed E-state index contributed by atoms with van der Waals surface area (Å²) in [6.07, 6.45) is 0. The Morgan fingerprint density at radius 2 is 1.82 bits per heavy atom. The van der Waals surface area contributed by atoms with Crippen LogP contribution < -0.4 is 5.73 Å². The fraction of sp³-hybridized carbons (Fsp3) is 0.0714. The van der Waals surface area contributed by atoms with Gasteiger partial charge >= 0.3 is 5.97 Å². The van der Waals surface area contributed by atoms with E-state index < -0.39 is 5.97 Å². The van der Waals surface area contributed by atoms with Crippen molar-refractivity contribution in [2.45, 2.75) is 6.92 Å². The van der Waals surface area contributed by atoms with Crippen molar-refractivity contribution in [2.75, 3.05) is 5.73 Å². The number of rotatable bonds is 2. The molecule has 0 radical (unpaired) electrons. The third-order valence-electron chi connectivity index (χ3n) is 2.71. The lowest BCUT2D eigenvalue weighted by molar-refractivity contribution is 0.0698. The Bertz CT molecular complexity index is 576. The maximum Gasteiger partial charge on any atom is 0.336 e. The van der Waals surface area contributed by atoms with Crippen molar-refractivity contribution in [1.82, 2.24) is 0 Å². The van der Waals surface area contributed by atoms with E-state index in [1.807, 2.05) is 31.2 Å². The molecule has 0 atom stereocenters. The van der Waals surface area contributed by atoms with Crippen LogP contribution in [0.5, 0.6) is 0 Å². The highest BCUT2D eigenvalue weighted by Crippen LogP contribution is 2.28. The minimum absolute atomic E-state index is 0.235. The number of nitrogen functional groups attached to an aromatic ring is 1. The number of aryl methyl sites for hydroxylation is 1. The van der Waals surface area contributed by atoms with Gasteiger partial charge in [0.05, 0.1) is 5.56 Å². The Labute approximate surface area is 99.5 Å². The third kappa shape index (κ3) is 2.13. The minimum atomic E-state index is -0.962. The quantitative estimate of drug-likeness (QED) is 0.775. The molecule has 17 heavy (non-hydrogen) atoms. The zero-order valence-electron chi connectivity index (χ0n) is 9.47. The van der Waals surface area contributed by atoms with Crippen LogP contribution in [0.25, 0.3) is 11.1 Å². The van der Waals surface area contributed by atoms with E-state index in [0.29, 0.717) is 11.3 Å². The van der Waals surface area contributed by atoms with Crippen LogP contribution in [-0.4, -0.2) is 11.1 Å². The smallest absolute Gasteiger partial charge is 0.336 e. The van der Waals surface area contributed by atoms with Crippen LogP contribution >= 0.6 is 0 Å². The van der Waals surface area contributed by atoms with Gasteiger partial charge in [-0.3, -0.25) is 0 Å². The lowest BCUT2D eigenvalue weighted by Gasteiger charge is -2.09. The summed E-state index contributed by atoms with van der Waals surface area (Å²) in [6.45, 7) is 1.96. The van der Waals surface area contributed by atoms with Crippen molar-refractivity contribution < 1.29 is 9.90 Å². The summed E-state index contributed by atoms with van der Waals surface area (Å²) < 4.78 is 0. The largest absolute Gasteiger partial charge is 0.478 e. The number of benzene rings is 2. The van der Waals surface area contributed by atoms with E-state index in [-0.39, 0.29) is 5.56 Å². The molecule has 2 aromatic carbocycles. The number of carbonyl (C=O) groups is 1. The summed E-state index contributed by atoms with van der Waals surface area (Å²) in [5, 5.41) is 9.19. The molecule has 0 aromatic heterocycles. The molecular weight excluding hydrogens is 214 g/mol. The normalized spacial score (nSPS) is 10.2. The third-order valence-corrected chi connectivity index (χ3v) is 2.71. The van der Waals surface area contributed by atoms with E-state index >= 15 is 0 Å². The summed E-state index contributed by atoms with van der Waals surface area (Å²) in [7, 11) is 0. The van der Waals surface area contributed by atoms with Gasteiger partial charge in [-0.2, -0.15) is 0 Å². The monoisotopic (exact) mass is 227 g/mol. The first-order valence-electron chi connectivity index (χ1n) is 5.28. The summed E-state index contributed by atoms with van der Waals surface area (Å²) in [6, 6.07) is 12.6. The van der Waals surface area contributed by atoms with Crippen molar-refractivity contribution in [3.05, 3.63) is 53.6 Å². The highest BCUT2D eigenvalue weighted by molar-refractivity contribution is 5.97. The second-order valence-corrected chi connectivity index (χ2v) is 3.93. The summed E-state index contributed by atoms with van der Waals surface area (Å²) >= 11 is 0. The van der Waals surface area contributed by atoms with E-state index in [0.717, 1.165) is 11.1 Å². The van der Waals surface area contributed by atoms with Gasteiger partial charge in [0.2, 0.25) is 0 Å². The van der Waals surface area contributed by atoms with Crippen LogP contribution in [0.1, 0.15) is 15.9 Å². The maximum atomic E-state index is 11.2. The number of hydrogen-bond acceptors (Lipinski definition) is 2. The Hall–Kier alpha value is -2.29. The Morgan fingerprint density at radius 1 is 1.12 bits per heavy atom.